The number of rotatable bonds is 3. The lowest BCUT2D eigenvalue weighted by Crippen LogP contribution is -2.18. The van der Waals surface area contributed by atoms with E-state index in [1.54, 1.807) is 30.3 Å². The first kappa shape index (κ1) is 12.6. The summed E-state index contributed by atoms with van der Waals surface area (Å²) < 4.78 is 5.03. The number of nitriles is 1. The Morgan fingerprint density at radius 2 is 2.00 bits per heavy atom. The van der Waals surface area contributed by atoms with Gasteiger partial charge in [0.25, 0.3) is 5.56 Å². The van der Waals surface area contributed by atoms with Gasteiger partial charge in [-0.1, -0.05) is 12.1 Å². The second-order valence-corrected chi connectivity index (χ2v) is 3.80. The van der Waals surface area contributed by atoms with Crippen molar-refractivity contribution in [2.75, 3.05) is 0 Å². The summed E-state index contributed by atoms with van der Waals surface area (Å²) in [5, 5.41) is 8.65. The Morgan fingerprint density at radius 3 is 2.63 bits per heavy atom. The molecule has 0 amide bonds. The maximum Gasteiger partial charge on any atom is 0.344 e. The molecule has 0 bridgehead atoms. The van der Waals surface area contributed by atoms with Crippen LogP contribution < -0.4 is 5.56 Å². The van der Waals surface area contributed by atoms with Crippen molar-refractivity contribution in [3.05, 3.63) is 69.6 Å². The van der Waals surface area contributed by atoms with Crippen LogP contribution in [0.3, 0.4) is 0 Å². The van der Waals surface area contributed by atoms with Crippen molar-refractivity contribution in [1.29, 1.82) is 5.26 Å². The van der Waals surface area contributed by atoms with Gasteiger partial charge in [0.1, 0.15) is 12.2 Å². The zero-order valence-corrected chi connectivity index (χ0v) is 9.92. The molecule has 2 rings (SSSR count). The van der Waals surface area contributed by atoms with Crippen molar-refractivity contribution in [1.82, 2.24) is 4.98 Å². The fourth-order valence-corrected chi connectivity index (χ4v) is 1.48. The number of benzene rings is 1. The minimum atomic E-state index is -0.675. The Morgan fingerprint density at radius 1 is 1.26 bits per heavy atom. The summed E-state index contributed by atoms with van der Waals surface area (Å²) in [5.41, 5.74) is 0.776. The standard InChI is InChI=1S/C14H10N2O3/c15-8-10-3-5-11(6-4-10)9-19-14(18)12-2-1-7-16-13(12)17/h1-7H,9H2,(H,16,17). The van der Waals surface area contributed by atoms with Crippen molar-refractivity contribution in [2.24, 2.45) is 0 Å². The van der Waals surface area contributed by atoms with Gasteiger partial charge in [-0.05, 0) is 29.8 Å². The maximum atomic E-state index is 11.7. The Labute approximate surface area is 109 Å². The number of pyridine rings is 1. The van der Waals surface area contributed by atoms with Crippen LogP contribution in [0.1, 0.15) is 21.5 Å². The Hall–Kier alpha value is -2.87. The predicted octanol–water partition coefficient (Wildman–Crippen LogP) is 1.60. The van der Waals surface area contributed by atoms with Crippen LogP contribution in [-0.2, 0) is 11.3 Å². The van der Waals surface area contributed by atoms with Crippen LogP contribution in [-0.4, -0.2) is 11.0 Å². The van der Waals surface area contributed by atoms with E-state index in [0.717, 1.165) is 5.56 Å². The van der Waals surface area contributed by atoms with E-state index in [9.17, 15) is 9.59 Å². The van der Waals surface area contributed by atoms with Gasteiger partial charge in [-0.15, -0.1) is 0 Å². The minimum Gasteiger partial charge on any atom is -0.457 e. The Kier molecular flexibility index (Phi) is 3.74. The molecule has 0 saturated heterocycles. The molecule has 0 atom stereocenters. The van der Waals surface area contributed by atoms with Gasteiger partial charge in [-0.3, -0.25) is 4.79 Å². The molecule has 19 heavy (non-hydrogen) atoms. The smallest absolute Gasteiger partial charge is 0.344 e. The van der Waals surface area contributed by atoms with Crippen LogP contribution in [0.2, 0.25) is 0 Å². The first-order valence-electron chi connectivity index (χ1n) is 5.54. The van der Waals surface area contributed by atoms with Crippen LogP contribution in [0.5, 0.6) is 0 Å². The number of carbonyl (C=O) groups excluding carboxylic acids is 1. The van der Waals surface area contributed by atoms with Crippen molar-refractivity contribution in [3.63, 3.8) is 0 Å². The van der Waals surface area contributed by atoms with Crippen molar-refractivity contribution >= 4 is 5.97 Å². The molecule has 1 aromatic carbocycles. The lowest BCUT2D eigenvalue weighted by atomic mass is 10.1. The molecule has 5 nitrogen and oxygen atoms in total. The zero-order valence-electron chi connectivity index (χ0n) is 9.92. The summed E-state index contributed by atoms with van der Waals surface area (Å²) in [7, 11) is 0. The van der Waals surface area contributed by atoms with E-state index >= 15 is 0 Å². The molecule has 0 aliphatic carbocycles. The van der Waals surface area contributed by atoms with Gasteiger partial charge in [-0.2, -0.15) is 5.26 Å². The zero-order chi connectivity index (χ0) is 13.7. The lowest BCUT2D eigenvalue weighted by molar-refractivity contribution is 0.0470. The fraction of sp³-hybridized carbons (Fsp3) is 0.0714. The number of carbonyl (C=O) groups is 1. The number of esters is 1. The van der Waals surface area contributed by atoms with E-state index < -0.39 is 11.5 Å². The first-order chi connectivity index (χ1) is 9.20. The third-order valence-corrected chi connectivity index (χ3v) is 2.49. The molecule has 0 unspecified atom stereocenters. The van der Waals surface area contributed by atoms with E-state index in [-0.39, 0.29) is 12.2 Å². The third kappa shape index (κ3) is 3.07. The number of hydrogen-bond donors (Lipinski definition) is 1. The number of ether oxygens (including phenoxy) is 1. The predicted molar refractivity (Wildman–Crippen MR) is 67.3 cm³/mol. The van der Waals surface area contributed by atoms with E-state index in [1.165, 1.54) is 12.3 Å². The highest BCUT2D eigenvalue weighted by molar-refractivity contribution is 5.88. The number of H-pyrrole nitrogens is 1. The minimum absolute atomic E-state index is 0.0313. The van der Waals surface area contributed by atoms with Crippen molar-refractivity contribution in [2.45, 2.75) is 6.61 Å². The van der Waals surface area contributed by atoms with E-state index in [1.807, 2.05) is 6.07 Å². The van der Waals surface area contributed by atoms with Crippen molar-refractivity contribution < 1.29 is 9.53 Å². The number of aromatic nitrogens is 1. The summed E-state index contributed by atoms with van der Waals surface area (Å²) in [5.74, 6) is -0.675. The summed E-state index contributed by atoms with van der Waals surface area (Å²) in [6.45, 7) is 0.0544. The van der Waals surface area contributed by atoms with Gasteiger partial charge in [0.2, 0.25) is 0 Å². The molecule has 0 fully saturated rings. The number of nitrogens with one attached hydrogen (secondary N) is 1. The summed E-state index contributed by atoms with van der Waals surface area (Å²) in [4.78, 5) is 25.4. The molecule has 94 valence electrons. The molecule has 1 aromatic heterocycles. The van der Waals surface area contributed by atoms with Gasteiger partial charge in [-0.25, -0.2) is 4.79 Å². The molecule has 2 aromatic rings. The van der Waals surface area contributed by atoms with Gasteiger partial charge in [0.15, 0.2) is 0 Å². The van der Waals surface area contributed by atoms with E-state index in [0.29, 0.717) is 5.56 Å². The maximum absolute atomic E-state index is 11.7. The number of nitrogens with zero attached hydrogens (tertiary/aromatic N) is 1. The first-order valence-corrected chi connectivity index (χ1v) is 5.54. The highest BCUT2D eigenvalue weighted by Crippen LogP contribution is 2.06. The van der Waals surface area contributed by atoms with Crippen LogP contribution in [0.25, 0.3) is 0 Å². The molecule has 0 aliphatic rings. The summed E-state index contributed by atoms with van der Waals surface area (Å²) >= 11 is 0. The highest BCUT2D eigenvalue weighted by Gasteiger charge is 2.10. The second kappa shape index (κ2) is 5.65. The molecule has 0 radical (unpaired) electrons. The van der Waals surface area contributed by atoms with Crippen LogP contribution in [0.15, 0.2) is 47.4 Å². The Balaban J connectivity index is 2.03. The topological polar surface area (TPSA) is 82.9 Å². The van der Waals surface area contributed by atoms with Gasteiger partial charge < -0.3 is 9.72 Å². The lowest BCUT2D eigenvalue weighted by Gasteiger charge is -2.04. The van der Waals surface area contributed by atoms with Gasteiger partial charge in [0.05, 0.1) is 11.6 Å². The molecule has 5 heteroatoms. The average molecular weight is 254 g/mol. The van der Waals surface area contributed by atoms with Crippen LogP contribution >= 0.6 is 0 Å². The van der Waals surface area contributed by atoms with E-state index in [2.05, 4.69) is 4.98 Å². The fourth-order valence-electron chi connectivity index (χ4n) is 1.48. The molecule has 1 N–H and O–H groups in total. The summed E-state index contributed by atoms with van der Waals surface area (Å²) in [6.07, 6.45) is 1.44. The van der Waals surface area contributed by atoms with Crippen LogP contribution in [0, 0.1) is 11.3 Å². The largest absolute Gasteiger partial charge is 0.457 e. The molecule has 0 spiro atoms. The van der Waals surface area contributed by atoms with Gasteiger partial charge >= 0.3 is 5.97 Å². The molecule has 0 saturated carbocycles. The molecular weight excluding hydrogens is 244 g/mol. The molecular formula is C14H10N2O3. The second-order valence-electron chi connectivity index (χ2n) is 3.80. The monoisotopic (exact) mass is 254 g/mol. The van der Waals surface area contributed by atoms with Crippen LogP contribution in [0.4, 0.5) is 0 Å². The normalized spacial score (nSPS) is 9.63. The third-order valence-electron chi connectivity index (χ3n) is 2.49. The van der Waals surface area contributed by atoms with Gasteiger partial charge in [0, 0.05) is 6.20 Å². The number of aromatic amines is 1. The number of hydrogen-bond acceptors (Lipinski definition) is 4. The average Bonchev–Trinajstić information content (AvgIpc) is 2.46. The SMILES string of the molecule is N#Cc1ccc(COC(=O)c2ccc[nH]c2=O)cc1. The molecule has 0 aliphatic heterocycles. The summed E-state index contributed by atoms with van der Waals surface area (Å²) in [6, 6.07) is 11.6. The van der Waals surface area contributed by atoms with E-state index in [4.69, 9.17) is 10.00 Å². The Bertz CT molecular complexity index is 681. The highest BCUT2D eigenvalue weighted by atomic mass is 16.5. The quantitative estimate of drug-likeness (QED) is 0.843. The van der Waals surface area contributed by atoms with Crippen molar-refractivity contribution in [3.8, 4) is 6.07 Å². The molecule has 1 heterocycles.